The van der Waals surface area contributed by atoms with Gasteiger partial charge in [0.1, 0.15) is 11.6 Å². The van der Waals surface area contributed by atoms with Crippen LogP contribution in [0, 0.1) is 19.7 Å². The van der Waals surface area contributed by atoms with Crippen LogP contribution in [0.1, 0.15) is 41.5 Å². The van der Waals surface area contributed by atoms with Gasteiger partial charge in [0.05, 0.1) is 17.0 Å². The molecule has 0 amide bonds. The Labute approximate surface area is 169 Å². The van der Waals surface area contributed by atoms with Crippen molar-refractivity contribution in [3.8, 4) is 11.3 Å². The molecule has 4 rings (SSSR count). The van der Waals surface area contributed by atoms with Gasteiger partial charge in [-0.1, -0.05) is 28.9 Å². The molecule has 0 saturated carbocycles. The highest BCUT2D eigenvalue weighted by Crippen LogP contribution is 2.31. The number of aryl methyl sites for hydroxylation is 2. The van der Waals surface area contributed by atoms with E-state index in [0.29, 0.717) is 23.0 Å². The Morgan fingerprint density at radius 1 is 1.18 bits per heavy atom. The molecule has 146 valence electrons. The number of aromatic nitrogens is 2. The topological polar surface area (TPSA) is 42.2 Å². The molecule has 28 heavy (non-hydrogen) atoms. The molecule has 0 N–H and O–H groups in total. The van der Waals surface area contributed by atoms with E-state index in [0.717, 1.165) is 54.3 Å². The average Bonchev–Trinajstić information content (AvgIpc) is 3.03. The SMILES string of the molecule is Cc1noc(C)c1-c1cccc(C2CCN(Cc3ccc(Cl)cc3F)CC2)n1. The molecule has 0 radical (unpaired) electrons. The van der Waals surface area contributed by atoms with Gasteiger partial charge in [0, 0.05) is 28.7 Å². The van der Waals surface area contributed by atoms with Crippen molar-refractivity contribution in [2.24, 2.45) is 0 Å². The quantitative estimate of drug-likeness (QED) is 0.578. The first-order valence-electron chi connectivity index (χ1n) is 9.57. The third kappa shape index (κ3) is 3.96. The Hall–Kier alpha value is -2.24. The molecule has 0 unspecified atom stereocenters. The minimum absolute atomic E-state index is 0.233. The molecule has 0 spiro atoms. The number of piperidine rings is 1. The average molecular weight is 400 g/mol. The first-order valence-corrected chi connectivity index (χ1v) is 9.95. The van der Waals surface area contributed by atoms with Crippen LogP contribution in [0.4, 0.5) is 4.39 Å². The Bertz CT molecular complexity index is 960. The first kappa shape index (κ1) is 19.1. The molecule has 1 fully saturated rings. The lowest BCUT2D eigenvalue weighted by molar-refractivity contribution is 0.201. The maximum Gasteiger partial charge on any atom is 0.143 e. The maximum atomic E-state index is 14.1. The van der Waals surface area contributed by atoms with Crippen molar-refractivity contribution in [3.63, 3.8) is 0 Å². The molecule has 6 heteroatoms. The molecule has 2 aromatic heterocycles. The third-order valence-corrected chi connectivity index (χ3v) is 5.71. The molecule has 4 nitrogen and oxygen atoms in total. The van der Waals surface area contributed by atoms with Gasteiger partial charge >= 0.3 is 0 Å². The molecule has 1 aliphatic heterocycles. The monoisotopic (exact) mass is 399 g/mol. The number of hydrogen-bond acceptors (Lipinski definition) is 4. The Balaban J connectivity index is 1.43. The van der Waals surface area contributed by atoms with E-state index in [2.05, 4.69) is 22.2 Å². The first-order chi connectivity index (χ1) is 13.5. The highest BCUT2D eigenvalue weighted by Gasteiger charge is 2.23. The molecule has 1 saturated heterocycles. The molecule has 1 aliphatic rings. The predicted molar refractivity (Wildman–Crippen MR) is 108 cm³/mol. The van der Waals surface area contributed by atoms with Crippen molar-refractivity contribution in [1.29, 1.82) is 0 Å². The van der Waals surface area contributed by atoms with E-state index in [4.69, 9.17) is 21.1 Å². The molecular weight excluding hydrogens is 377 g/mol. The fraction of sp³-hybridized carbons (Fsp3) is 0.364. The van der Waals surface area contributed by atoms with Gasteiger partial charge in [-0.15, -0.1) is 0 Å². The zero-order valence-electron chi connectivity index (χ0n) is 16.1. The maximum absolute atomic E-state index is 14.1. The molecule has 3 heterocycles. The molecule has 0 aliphatic carbocycles. The van der Waals surface area contributed by atoms with E-state index in [9.17, 15) is 4.39 Å². The zero-order chi connectivity index (χ0) is 19.7. The van der Waals surface area contributed by atoms with E-state index in [1.165, 1.54) is 6.07 Å². The van der Waals surface area contributed by atoms with Gasteiger partial charge in [-0.2, -0.15) is 0 Å². The number of pyridine rings is 1. The van der Waals surface area contributed by atoms with Gasteiger partial charge in [0.15, 0.2) is 0 Å². The van der Waals surface area contributed by atoms with Crippen LogP contribution < -0.4 is 0 Å². The third-order valence-electron chi connectivity index (χ3n) is 5.48. The van der Waals surface area contributed by atoms with Crippen molar-refractivity contribution in [2.45, 2.75) is 39.2 Å². The summed E-state index contributed by atoms with van der Waals surface area (Å²) in [4.78, 5) is 7.19. The predicted octanol–water partition coefficient (Wildman–Crippen LogP) is 5.53. The summed E-state index contributed by atoms with van der Waals surface area (Å²) in [5.41, 5.74) is 4.56. The fourth-order valence-corrected chi connectivity index (χ4v) is 4.10. The Kier molecular flexibility index (Phi) is 5.47. The summed E-state index contributed by atoms with van der Waals surface area (Å²) in [5, 5.41) is 4.47. The van der Waals surface area contributed by atoms with Gasteiger partial charge in [-0.25, -0.2) is 4.39 Å². The number of nitrogens with zero attached hydrogens (tertiary/aromatic N) is 3. The van der Waals surface area contributed by atoms with Gasteiger partial charge in [0.2, 0.25) is 0 Å². The van der Waals surface area contributed by atoms with Crippen LogP contribution in [0.5, 0.6) is 0 Å². The van der Waals surface area contributed by atoms with Crippen LogP contribution in [0.25, 0.3) is 11.3 Å². The standard InChI is InChI=1S/C22H23ClFN3O/c1-14-22(15(2)28-26-14)21-5-3-4-20(25-21)16-8-10-27(11-9-16)13-17-6-7-18(23)12-19(17)24/h3-7,12,16H,8-11,13H2,1-2H3. The second-order valence-corrected chi connectivity index (χ2v) is 7.87. The molecule has 1 aromatic carbocycles. The number of hydrogen-bond donors (Lipinski definition) is 0. The number of likely N-dealkylation sites (tertiary alicyclic amines) is 1. The number of rotatable bonds is 4. The van der Waals surface area contributed by atoms with Gasteiger partial charge < -0.3 is 4.52 Å². The molecule has 3 aromatic rings. The largest absolute Gasteiger partial charge is 0.361 e. The molecular formula is C22H23ClFN3O. The normalized spacial score (nSPS) is 15.9. The molecule has 0 bridgehead atoms. The Morgan fingerprint density at radius 3 is 2.64 bits per heavy atom. The van der Waals surface area contributed by atoms with Crippen molar-refractivity contribution in [3.05, 3.63) is 69.9 Å². The summed E-state index contributed by atoms with van der Waals surface area (Å²) >= 11 is 5.85. The van der Waals surface area contributed by atoms with Crippen LogP contribution in [-0.2, 0) is 6.54 Å². The lowest BCUT2D eigenvalue weighted by Crippen LogP contribution is -2.33. The summed E-state index contributed by atoms with van der Waals surface area (Å²) in [6, 6.07) is 11.1. The van der Waals surface area contributed by atoms with E-state index < -0.39 is 0 Å². The smallest absolute Gasteiger partial charge is 0.143 e. The minimum atomic E-state index is -0.233. The fourth-order valence-electron chi connectivity index (χ4n) is 3.94. The van der Waals surface area contributed by atoms with Gasteiger partial charge in [-0.05, 0) is 64.0 Å². The van der Waals surface area contributed by atoms with Crippen LogP contribution in [0.3, 0.4) is 0 Å². The number of halogens is 2. The Morgan fingerprint density at radius 2 is 1.96 bits per heavy atom. The zero-order valence-corrected chi connectivity index (χ0v) is 16.8. The van der Waals surface area contributed by atoms with E-state index in [-0.39, 0.29) is 5.82 Å². The summed E-state index contributed by atoms with van der Waals surface area (Å²) in [5.74, 6) is 0.970. The van der Waals surface area contributed by atoms with Crippen molar-refractivity contribution in [2.75, 3.05) is 13.1 Å². The highest BCUT2D eigenvalue weighted by atomic mass is 35.5. The van der Waals surface area contributed by atoms with Crippen LogP contribution >= 0.6 is 11.6 Å². The van der Waals surface area contributed by atoms with Crippen molar-refractivity contribution < 1.29 is 8.91 Å². The van der Waals surface area contributed by atoms with E-state index in [1.54, 1.807) is 12.1 Å². The second-order valence-electron chi connectivity index (χ2n) is 7.43. The summed E-state index contributed by atoms with van der Waals surface area (Å²) in [6.07, 6.45) is 2.01. The summed E-state index contributed by atoms with van der Waals surface area (Å²) in [7, 11) is 0. The lowest BCUT2D eigenvalue weighted by Gasteiger charge is -2.32. The van der Waals surface area contributed by atoms with Gasteiger partial charge in [0.25, 0.3) is 0 Å². The van der Waals surface area contributed by atoms with Crippen molar-refractivity contribution in [1.82, 2.24) is 15.0 Å². The van der Waals surface area contributed by atoms with Crippen LogP contribution in [0.2, 0.25) is 5.02 Å². The van der Waals surface area contributed by atoms with Crippen LogP contribution in [0.15, 0.2) is 40.9 Å². The second kappa shape index (κ2) is 8.02. The minimum Gasteiger partial charge on any atom is -0.361 e. The summed E-state index contributed by atoms with van der Waals surface area (Å²) in [6.45, 7) is 6.31. The van der Waals surface area contributed by atoms with Gasteiger partial charge in [-0.3, -0.25) is 9.88 Å². The number of benzene rings is 1. The highest BCUT2D eigenvalue weighted by molar-refractivity contribution is 6.30. The lowest BCUT2D eigenvalue weighted by atomic mass is 9.92. The van der Waals surface area contributed by atoms with E-state index >= 15 is 0 Å². The molecule has 0 atom stereocenters. The summed E-state index contributed by atoms with van der Waals surface area (Å²) < 4.78 is 19.3. The van der Waals surface area contributed by atoms with Crippen LogP contribution in [-0.4, -0.2) is 28.1 Å². The van der Waals surface area contributed by atoms with Crippen molar-refractivity contribution >= 4 is 11.6 Å². The van der Waals surface area contributed by atoms with E-state index in [1.807, 2.05) is 19.9 Å².